The molecule has 1 aromatic carbocycles. The zero-order valence-corrected chi connectivity index (χ0v) is 7.93. The second-order valence-electron chi connectivity index (χ2n) is 3.26. The van der Waals surface area contributed by atoms with Gasteiger partial charge in [0.15, 0.2) is 0 Å². The van der Waals surface area contributed by atoms with Gasteiger partial charge in [0.25, 0.3) is 0 Å². The van der Waals surface area contributed by atoms with Crippen LogP contribution in [-0.2, 0) is 6.42 Å². The van der Waals surface area contributed by atoms with E-state index in [2.05, 4.69) is 0 Å². The summed E-state index contributed by atoms with van der Waals surface area (Å²) in [5.41, 5.74) is 0.131. The minimum atomic E-state index is -4.39. The summed E-state index contributed by atoms with van der Waals surface area (Å²) in [6, 6.07) is 3.91. The van der Waals surface area contributed by atoms with Gasteiger partial charge in [0.05, 0.1) is 12.0 Å². The predicted molar refractivity (Wildman–Crippen MR) is 47.9 cm³/mol. The third-order valence-corrected chi connectivity index (χ3v) is 1.89. The molecule has 0 heterocycles. The first-order valence-corrected chi connectivity index (χ1v) is 4.19. The molecule has 1 aromatic rings. The van der Waals surface area contributed by atoms with Crippen LogP contribution in [0.5, 0.6) is 0 Å². The van der Waals surface area contributed by atoms with Crippen molar-refractivity contribution >= 4 is 5.97 Å². The van der Waals surface area contributed by atoms with E-state index in [1.165, 1.54) is 18.2 Å². The second-order valence-corrected chi connectivity index (χ2v) is 3.26. The maximum absolute atomic E-state index is 12.1. The number of rotatable bonds is 2. The molecule has 1 N–H and O–H groups in total. The summed E-state index contributed by atoms with van der Waals surface area (Å²) in [5.74, 6) is -1.34. The standard InChI is InChI=1S/C10H9F3O2/c1-6-2-3-7(5-10(11,12)13)8(4-6)9(14)15/h2-4H,5H2,1H3,(H,14,15). The van der Waals surface area contributed by atoms with Crippen molar-refractivity contribution in [1.29, 1.82) is 0 Å². The van der Waals surface area contributed by atoms with Crippen LogP contribution in [0.4, 0.5) is 13.2 Å². The van der Waals surface area contributed by atoms with Gasteiger partial charge in [-0.15, -0.1) is 0 Å². The molecule has 2 nitrogen and oxygen atoms in total. The number of carboxylic acids is 1. The van der Waals surface area contributed by atoms with Crippen molar-refractivity contribution in [3.8, 4) is 0 Å². The fourth-order valence-electron chi connectivity index (χ4n) is 1.26. The summed E-state index contributed by atoms with van der Waals surface area (Å²) < 4.78 is 36.3. The van der Waals surface area contributed by atoms with Gasteiger partial charge in [0.1, 0.15) is 0 Å². The van der Waals surface area contributed by atoms with Crippen LogP contribution in [0.2, 0.25) is 0 Å². The molecular weight excluding hydrogens is 209 g/mol. The van der Waals surface area contributed by atoms with Crippen LogP contribution < -0.4 is 0 Å². The van der Waals surface area contributed by atoms with E-state index in [-0.39, 0.29) is 11.1 Å². The van der Waals surface area contributed by atoms with Gasteiger partial charge in [0, 0.05) is 0 Å². The van der Waals surface area contributed by atoms with Crippen LogP contribution in [-0.4, -0.2) is 17.3 Å². The minimum Gasteiger partial charge on any atom is -0.478 e. The summed E-state index contributed by atoms with van der Waals surface area (Å²) in [5, 5.41) is 8.72. The van der Waals surface area contributed by atoms with E-state index in [0.29, 0.717) is 5.56 Å². The first-order chi connectivity index (χ1) is 6.79. The molecule has 15 heavy (non-hydrogen) atoms. The van der Waals surface area contributed by atoms with Gasteiger partial charge < -0.3 is 5.11 Å². The third kappa shape index (κ3) is 3.27. The number of benzene rings is 1. The molecule has 5 heteroatoms. The van der Waals surface area contributed by atoms with Crippen molar-refractivity contribution < 1.29 is 23.1 Å². The number of carboxylic acid groups (broad SMARTS) is 1. The van der Waals surface area contributed by atoms with Crippen molar-refractivity contribution in [2.45, 2.75) is 19.5 Å². The second kappa shape index (κ2) is 3.92. The summed E-state index contributed by atoms with van der Waals surface area (Å²) in [6.07, 6.45) is -5.60. The van der Waals surface area contributed by atoms with E-state index in [9.17, 15) is 18.0 Å². The lowest BCUT2D eigenvalue weighted by Gasteiger charge is -2.09. The van der Waals surface area contributed by atoms with Gasteiger partial charge in [-0.2, -0.15) is 13.2 Å². The molecule has 1 rings (SSSR count). The van der Waals surface area contributed by atoms with Crippen molar-refractivity contribution in [3.63, 3.8) is 0 Å². The highest BCUT2D eigenvalue weighted by Crippen LogP contribution is 2.24. The Morgan fingerprint density at radius 3 is 2.47 bits per heavy atom. The molecule has 82 valence electrons. The third-order valence-electron chi connectivity index (χ3n) is 1.89. The van der Waals surface area contributed by atoms with Gasteiger partial charge in [-0.3, -0.25) is 0 Å². The SMILES string of the molecule is Cc1ccc(CC(F)(F)F)c(C(=O)O)c1. The summed E-state index contributed by atoms with van der Waals surface area (Å²) >= 11 is 0. The van der Waals surface area contributed by atoms with Crippen LogP contribution >= 0.6 is 0 Å². The van der Waals surface area contributed by atoms with E-state index < -0.39 is 18.6 Å². The molecule has 0 radical (unpaired) electrons. The lowest BCUT2D eigenvalue weighted by Crippen LogP contribution is -2.15. The fourth-order valence-corrected chi connectivity index (χ4v) is 1.26. The molecule has 0 aliphatic heterocycles. The molecule has 0 atom stereocenters. The van der Waals surface area contributed by atoms with Crippen LogP contribution in [0, 0.1) is 6.92 Å². The maximum atomic E-state index is 12.1. The van der Waals surface area contributed by atoms with E-state index >= 15 is 0 Å². The summed E-state index contributed by atoms with van der Waals surface area (Å²) in [7, 11) is 0. The molecule has 0 fully saturated rings. The van der Waals surface area contributed by atoms with E-state index in [0.717, 1.165) is 0 Å². The number of hydrogen-bond acceptors (Lipinski definition) is 1. The monoisotopic (exact) mass is 218 g/mol. The Hall–Kier alpha value is -1.52. The summed E-state index contributed by atoms with van der Waals surface area (Å²) in [6.45, 7) is 1.63. The highest BCUT2D eigenvalue weighted by atomic mass is 19.4. The zero-order valence-electron chi connectivity index (χ0n) is 7.93. The highest BCUT2D eigenvalue weighted by Gasteiger charge is 2.29. The predicted octanol–water partition coefficient (Wildman–Crippen LogP) is 2.80. The van der Waals surface area contributed by atoms with E-state index in [1.54, 1.807) is 6.92 Å². The Morgan fingerprint density at radius 2 is 2.00 bits per heavy atom. The molecule has 0 aliphatic rings. The van der Waals surface area contributed by atoms with Crippen molar-refractivity contribution in [3.05, 3.63) is 34.9 Å². The first-order valence-electron chi connectivity index (χ1n) is 4.19. The normalized spacial score (nSPS) is 11.5. The molecule has 0 saturated carbocycles. The first kappa shape index (κ1) is 11.6. The quantitative estimate of drug-likeness (QED) is 0.828. The minimum absolute atomic E-state index is 0.208. The lowest BCUT2D eigenvalue weighted by molar-refractivity contribution is -0.127. The summed E-state index contributed by atoms with van der Waals surface area (Å²) in [4.78, 5) is 10.7. The molecule has 0 spiro atoms. The van der Waals surface area contributed by atoms with Gasteiger partial charge >= 0.3 is 12.1 Å². The van der Waals surface area contributed by atoms with Crippen LogP contribution in [0.3, 0.4) is 0 Å². The number of carbonyl (C=O) groups is 1. The number of hydrogen-bond donors (Lipinski definition) is 1. The number of aryl methyl sites for hydroxylation is 1. The fraction of sp³-hybridized carbons (Fsp3) is 0.300. The molecule has 0 aromatic heterocycles. The molecule has 0 bridgehead atoms. The number of aromatic carboxylic acids is 1. The highest BCUT2D eigenvalue weighted by molar-refractivity contribution is 5.89. The molecule has 0 aliphatic carbocycles. The van der Waals surface area contributed by atoms with Crippen LogP contribution in [0.15, 0.2) is 18.2 Å². The lowest BCUT2D eigenvalue weighted by atomic mass is 10.0. The Bertz CT molecular complexity index is 383. The van der Waals surface area contributed by atoms with E-state index in [4.69, 9.17) is 5.11 Å². The van der Waals surface area contributed by atoms with Crippen molar-refractivity contribution in [1.82, 2.24) is 0 Å². The Kier molecular flexibility index (Phi) is 3.02. The zero-order chi connectivity index (χ0) is 11.6. The van der Waals surface area contributed by atoms with Crippen molar-refractivity contribution in [2.24, 2.45) is 0 Å². The Balaban J connectivity index is 3.12. The topological polar surface area (TPSA) is 37.3 Å². The molecule has 0 unspecified atom stereocenters. The average molecular weight is 218 g/mol. The van der Waals surface area contributed by atoms with Crippen LogP contribution in [0.1, 0.15) is 21.5 Å². The number of alkyl halides is 3. The van der Waals surface area contributed by atoms with Gasteiger partial charge in [0.2, 0.25) is 0 Å². The Morgan fingerprint density at radius 1 is 1.40 bits per heavy atom. The van der Waals surface area contributed by atoms with Gasteiger partial charge in [-0.25, -0.2) is 4.79 Å². The van der Waals surface area contributed by atoms with Crippen LogP contribution in [0.25, 0.3) is 0 Å². The van der Waals surface area contributed by atoms with Gasteiger partial charge in [-0.1, -0.05) is 17.7 Å². The smallest absolute Gasteiger partial charge is 0.393 e. The average Bonchev–Trinajstić information content (AvgIpc) is 2.05. The van der Waals surface area contributed by atoms with E-state index in [1.807, 2.05) is 0 Å². The largest absolute Gasteiger partial charge is 0.478 e. The van der Waals surface area contributed by atoms with Crippen molar-refractivity contribution in [2.75, 3.05) is 0 Å². The molecule has 0 saturated heterocycles. The number of halogens is 3. The Labute approximate surface area is 84.3 Å². The maximum Gasteiger partial charge on any atom is 0.393 e. The molecule has 0 amide bonds. The molecular formula is C10H9F3O2. The van der Waals surface area contributed by atoms with Gasteiger partial charge in [-0.05, 0) is 18.6 Å².